The third kappa shape index (κ3) is 2.94. The van der Waals surface area contributed by atoms with E-state index in [-0.39, 0.29) is 0 Å². The summed E-state index contributed by atoms with van der Waals surface area (Å²) in [6, 6.07) is 15.7. The van der Waals surface area contributed by atoms with E-state index >= 15 is 0 Å². The zero-order chi connectivity index (χ0) is 13.0. The first-order chi connectivity index (χ1) is 8.70. The van der Waals surface area contributed by atoms with Crippen molar-refractivity contribution >= 4 is 21.2 Å². The van der Waals surface area contributed by atoms with Gasteiger partial charge in [-0.1, -0.05) is 0 Å². The van der Waals surface area contributed by atoms with Gasteiger partial charge < -0.3 is 0 Å². The third-order valence-electron chi connectivity index (χ3n) is 2.68. The number of rotatable bonds is 3. The maximum atomic E-state index is 9.00. The Morgan fingerprint density at radius 1 is 1.22 bits per heavy atom. The molecule has 0 aliphatic rings. The van der Waals surface area contributed by atoms with Crippen molar-refractivity contribution in [3.8, 4) is 11.8 Å². The van der Waals surface area contributed by atoms with Crippen molar-refractivity contribution in [1.29, 1.82) is 5.26 Å². The van der Waals surface area contributed by atoms with E-state index in [0.29, 0.717) is 12.2 Å². The number of nitriles is 1. The minimum atomic E-state index is 0.419. The molecule has 0 aromatic heterocycles. The van der Waals surface area contributed by atoms with E-state index in [1.165, 1.54) is 0 Å². The zero-order valence-corrected chi connectivity index (χ0v) is 11.9. The number of hydrogen-bond acceptors (Lipinski definition) is 2. The second-order valence-corrected chi connectivity index (χ2v) is 5.09. The monoisotopic (exact) mass is 297 g/mol. The van der Waals surface area contributed by atoms with Crippen molar-refractivity contribution in [2.45, 2.75) is 13.5 Å². The van der Waals surface area contributed by atoms with Gasteiger partial charge >= 0.3 is 116 Å². The van der Waals surface area contributed by atoms with Crippen molar-refractivity contribution in [3.05, 3.63) is 59.2 Å². The molecule has 0 aliphatic carbocycles. The molecule has 2 radical (unpaired) electrons. The Morgan fingerprint density at radius 3 is 2.72 bits per heavy atom. The van der Waals surface area contributed by atoms with Gasteiger partial charge in [0.2, 0.25) is 0 Å². The van der Waals surface area contributed by atoms with E-state index in [0.717, 1.165) is 21.2 Å². The molecule has 0 atom stereocenters. The van der Waals surface area contributed by atoms with Crippen LogP contribution in [0.2, 0.25) is 0 Å². The van der Waals surface area contributed by atoms with Gasteiger partial charge in [-0.25, -0.2) is 0 Å². The molecule has 0 heterocycles. The standard InChI is InChI=1S/C15H12AsNO/c1-11-8-14(16)6-7-15(11)18-10-13-5-3-2-4-12(13)9-17/h2-8H,10H2,1H3. The van der Waals surface area contributed by atoms with Gasteiger partial charge in [-0.3, -0.25) is 0 Å². The molecule has 0 fully saturated rings. The first-order valence-electron chi connectivity index (χ1n) is 5.61. The van der Waals surface area contributed by atoms with Crippen LogP contribution in [0.15, 0.2) is 42.5 Å². The predicted molar refractivity (Wildman–Crippen MR) is 72.1 cm³/mol. The first-order valence-corrected chi connectivity index (χ1v) is 6.55. The molecule has 0 bridgehead atoms. The molecule has 0 spiro atoms. The summed E-state index contributed by atoms with van der Waals surface area (Å²) in [7, 11) is 0. The summed E-state index contributed by atoms with van der Waals surface area (Å²) in [5, 5.41) is 9.00. The van der Waals surface area contributed by atoms with Crippen LogP contribution in [-0.2, 0) is 6.61 Å². The van der Waals surface area contributed by atoms with Crippen LogP contribution < -0.4 is 9.09 Å². The van der Waals surface area contributed by atoms with E-state index in [1.807, 2.05) is 37.3 Å². The van der Waals surface area contributed by atoms with Gasteiger partial charge in [0.05, 0.1) is 0 Å². The van der Waals surface area contributed by atoms with Crippen molar-refractivity contribution in [1.82, 2.24) is 0 Å². The Balaban J connectivity index is 2.14. The van der Waals surface area contributed by atoms with Crippen LogP contribution in [0.1, 0.15) is 16.7 Å². The molecule has 2 rings (SSSR count). The molecule has 18 heavy (non-hydrogen) atoms. The number of nitrogens with zero attached hydrogens (tertiary/aromatic N) is 1. The molecule has 0 unspecified atom stereocenters. The maximum absolute atomic E-state index is 9.00. The van der Waals surface area contributed by atoms with Crippen LogP contribution in [0, 0.1) is 18.3 Å². The molecule has 0 saturated carbocycles. The minimum absolute atomic E-state index is 0.419. The Bertz CT molecular complexity index is 602. The van der Waals surface area contributed by atoms with Crippen LogP contribution in [-0.4, -0.2) is 16.9 Å². The molecule has 0 saturated heterocycles. The van der Waals surface area contributed by atoms with Crippen molar-refractivity contribution in [2.24, 2.45) is 0 Å². The van der Waals surface area contributed by atoms with Gasteiger partial charge in [-0.05, 0) is 0 Å². The predicted octanol–water partition coefficient (Wildman–Crippen LogP) is 2.24. The molecule has 88 valence electrons. The molecular formula is C15H12AsNO. The molecule has 0 aliphatic heterocycles. The molecule has 2 aromatic rings. The summed E-state index contributed by atoms with van der Waals surface area (Å²) in [5.41, 5.74) is 2.68. The third-order valence-corrected chi connectivity index (χ3v) is 3.26. The van der Waals surface area contributed by atoms with Crippen LogP contribution in [0.25, 0.3) is 0 Å². The second-order valence-electron chi connectivity index (χ2n) is 4.01. The summed E-state index contributed by atoms with van der Waals surface area (Å²) in [6.45, 7) is 2.44. The van der Waals surface area contributed by atoms with Gasteiger partial charge in [-0.15, -0.1) is 0 Å². The van der Waals surface area contributed by atoms with E-state index in [1.54, 1.807) is 6.07 Å². The quantitative estimate of drug-likeness (QED) is 0.814. The normalized spacial score (nSPS) is 9.83. The van der Waals surface area contributed by atoms with Crippen LogP contribution in [0.3, 0.4) is 0 Å². The van der Waals surface area contributed by atoms with E-state index in [4.69, 9.17) is 10.00 Å². The van der Waals surface area contributed by atoms with Crippen LogP contribution in [0.5, 0.6) is 5.75 Å². The zero-order valence-electron chi connectivity index (χ0n) is 10.1. The summed E-state index contributed by atoms with van der Waals surface area (Å²) < 4.78 is 6.92. The number of aryl methyl sites for hydroxylation is 1. The Kier molecular flexibility index (Phi) is 4.07. The van der Waals surface area contributed by atoms with Crippen LogP contribution >= 0.6 is 0 Å². The van der Waals surface area contributed by atoms with Crippen LogP contribution in [0.4, 0.5) is 0 Å². The van der Waals surface area contributed by atoms with Gasteiger partial charge in [0.1, 0.15) is 0 Å². The Hall–Kier alpha value is -1.71. The fourth-order valence-corrected chi connectivity index (χ4v) is 2.27. The van der Waals surface area contributed by atoms with Gasteiger partial charge in [0.15, 0.2) is 0 Å². The molecule has 2 aromatic carbocycles. The molecule has 0 amide bonds. The SMILES string of the molecule is Cc1cc([As])ccc1OCc1ccccc1C#N. The fourth-order valence-electron chi connectivity index (χ4n) is 1.71. The summed E-state index contributed by atoms with van der Waals surface area (Å²) >= 11 is 2.51. The fraction of sp³-hybridized carbons (Fsp3) is 0.133. The Morgan fingerprint density at radius 2 is 2.00 bits per heavy atom. The summed E-state index contributed by atoms with van der Waals surface area (Å²) in [4.78, 5) is 0. The van der Waals surface area contributed by atoms with E-state index < -0.39 is 0 Å². The van der Waals surface area contributed by atoms with Crippen molar-refractivity contribution in [2.75, 3.05) is 0 Å². The topological polar surface area (TPSA) is 33.0 Å². The molecule has 3 heteroatoms. The van der Waals surface area contributed by atoms with Crippen molar-refractivity contribution < 1.29 is 4.74 Å². The van der Waals surface area contributed by atoms with Gasteiger partial charge in [-0.2, -0.15) is 0 Å². The number of ether oxygens (including phenoxy) is 1. The number of benzene rings is 2. The summed E-state index contributed by atoms with van der Waals surface area (Å²) in [6.07, 6.45) is 0. The summed E-state index contributed by atoms with van der Waals surface area (Å²) in [5.74, 6) is 0.859. The van der Waals surface area contributed by atoms with Gasteiger partial charge in [0.25, 0.3) is 0 Å². The van der Waals surface area contributed by atoms with Gasteiger partial charge in [0, 0.05) is 0 Å². The first kappa shape index (κ1) is 12.7. The average molecular weight is 297 g/mol. The van der Waals surface area contributed by atoms with E-state index in [2.05, 4.69) is 29.0 Å². The molecule has 2 nitrogen and oxygen atoms in total. The van der Waals surface area contributed by atoms with Crippen molar-refractivity contribution in [3.63, 3.8) is 0 Å². The average Bonchev–Trinajstić information content (AvgIpc) is 2.38. The Labute approximate surface area is 116 Å². The second kappa shape index (κ2) is 5.76. The molecule has 0 N–H and O–H groups in total. The molecular weight excluding hydrogens is 285 g/mol. The number of hydrogen-bond donors (Lipinski definition) is 0. The van der Waals surface area contributed by atoms with E-state index in [9.17, 15) is 0 Å².